The number of nitrogens with zero attached hydrogens (tertiary/aromatic N) is 1. The normalized spacial score (nSPS) is 15.9. The van der Waals surface area contributed by atoms with Gasteiger partial charge in [-0.05, 0) is 31.9 Å². The molecule has 0 atom stereocenters. The maximum Gasteiger partial charge on any atom is 0.309 e. The van der Waals surface area contributed by atoms with Gasteiger partial charge in [-0.2, -0.15) is 0 Å². The lowest BCUT2D eigenvalue weighted by molar-refractivity contribution is -0.149. The molecule has 0 radical (unpaired) electrons. The molecule has 2 rings (SSSR count). The summed E-state index contributed by atoms with van der Waals surface area (Å²) in [6, 6.07) is 7.06. The fourth-order valence-corrected chi connectivity index (χ4v) is 2.44. The van der Waals surface area contributed by atoms with Crippen LogP contribution in [0.1, 0.15) is 30.1 Å². The van der Waals surface area contributed by atoms with Crippen molar-refractivity contribution in [2.75, 3.05) is 25.4 Å². The van der Waals surface area contributed by atoms with Crippen molar-refractivity contribution in [2.45, 2.75) is 19.8 Å². The molecule has 1 fully saturated rings. The average molecular weight is 276 g/mol. The minimum Gasteiger partial charge on any atom is -0.466 e. The van der Waals surface area contributed by atoms with E-state index in [4.69, 9.17) is 10.5 Å². The molecule has 0 unspecified atom stereocenters. The van der Waals surface area contributed by atoms with Gasteiger partial charge in [0.15, 0.2) is 0 Å². The highest BCUT2D eigenvalue weighted by atomic mass is 16.5. The number of amides is 1. The molecule has 0 aliphatic carbocycles. The summed E-state index contributed by atoms with van der Waals surface area (Å²) in [6.45, 7) is 3.33. The van der Waals surface area contributed by atoms with Crippen LogP contribution in [0.4, 0.5) is 5.69 Å². The highest BCUT2D eigenvalue weighted by molar-refractivity contribution is 5.99. The summed E-state index contributed by atoms with van der Waals surface area (Å²) < 4.78 is 5.02. The molecule has 0 bridgehead atoms. The molecule has 1 aromatic rings. The molecule has 20 heavy (non-hydrogen) atoms. The van der Waals surface area contributed by atoms with E-state index in [1.165, 1.54) is 0 Å². The maximum absolute atomic E-state index is 12.4. The van der Waals surface area contributed by atoms with E-state index in [0.29, 0.717) is 43.8 Å². The fraction of sp³-hybridized carbons (Fsp3) is 0.467. The molecule has 2 N–H and O–H groups in total. The van der Waals surface area contributed by atoms with E-state index < -0.39 is 0 Å². The minimum atomic E-state index is -0.154. The largest absolute Gasteiger partial charge is 0.466 e. The third kappa shape index (κ3) is 3.10. The van der Waals surface area contributed by atoms with Crippen LogP contribution in [0.2, 0.25) is 0 Å². The highest BCUT2D eigenvalue weighted by Crippen LogP contribution is 2.22. The van der Waals surface area contributed by atoms with Crippen molar-refractivity contribution in [3.8, 4) is 0 Å². The maximum atomic E-state index is 12.4. The van der Waals surface area contributed by atoms with Crippen molar-refractivity contribution >= 4 is 17.6 Å². The Bertz CT molecular complexity index is 494. The zero-order chi connectivity index (χ0) is 14.5. The summed E-state index contributed by atoms with van der Waals surface area (Å²) in [4.78, 5) is 25.8. The first-order valence-electron chi connectivity index (χ1n) is 6.94. The third-order valence-corrected chi connectivity index (χ3v) is 3.59. The first-order chi connectivity index (χ1) is 9.63. The summed E-state index contributed by atoms with van der Waals surface area (Å²) in [5, 5.41) is 0. The second-order valence-corrected chi connectivity index (χ2v) is 4.91. The van der Waals surface area contributed by atoms with Gasteiger partial charge in [0, 0.05) is 18.8 Å². The Morgan fingerprint density at radius 3 is 2.55 bits per heavy atom. The Morgan fingerprint density at radius 1 is 1.30 bits per heavy atom. The van der Waals surface area contributed by atoms with Crippen molar-refractivity contribution in [2.24, 2.45) is 5.92 Å². The second kappa shape index (κ2) is 6.41. The molecule has 1 amide bonds. The van der Waals surface area contributed by atoms with Gasteiger partial charge in [-0.15, -0.1) is 0 Å². The number of piperidine rings is 1. The molecule has 1 aliphatic heterocycles. The molecule has 108 valence electrons. The van der Waals surface area contributed by atoms with E-state index in [1.54, 1.807) is 36.1 Å². The van der Waals surface area contributed by atoms with Crippen molar-refractivity contribution in [3.05, 3.63) is 29.8 Å². The van der Waals surface area contributed by atoms with E-state index in [0.717, 1.165) is 0 Å². The number of anilines is 1. The predicted molar refractivity (Wildman–Crippen MR) is 76.1 cm³/mol. The molecule has 5 heteroatoms. The third-order valence-electron chi connectivity index (χ3n) is 3.59. The number of benzene rings is 1. The Morgan fingerprint density at radius 2 is 1.95 bits per heavy atom. The Balaban J connectivity index is 1.96. The van der Waals surface area contributed by atoms with E-state index in [2.05, 4.69) is 0 Å². The van der Waals surface area contributed by atoms with Crippen molar-refractivity contribution in [3.63, 3.8) is 0 Å². The van der Waals surface area contributed by atoms with E-state index >= 15 is 0 Å². The summed E-state index contributed by atoms with van der Waals surface area (Å²) in [6.07, 6.45) is 1.30. The monoisotopic (exact) mass is 276 g/mol. The lowest BCUT2D eigenvalue weighted by atomic mass is 9.96. The van der Waals surface area contributed by atoms with Gasteiger partial charge >= 0.3 is 5.97 Å². The van der Waals surface area contributed by atoms with Gasteiger partial charge in [-0.3, -0.25) is 9.59 Å². The van der Waals surface area contributed by atoms with Crippen LogP contribution in [0.15, 0.2) is 24.3 Å². The lowest BCUT2D eigenvalue weighted by Crippen LogP contribution is -2.40. The van der Waals surface area contributed by atoms with Gasteiger partial charge in [0.25, 0.3) is 5.91 Å². The topological polar surface area (TPSA) is 72.6 Å². The average Bonchev–Trinajstić information content (AvgIpc) is 2.47. The highest BCUT2D eigenvalue weighted by Gasteiger charge is 2.29. The second-order valence-electron chi connectivity index (χ2n) is 4.91. The smallest absolute Gasteiger partial charge is 0.309 e. The van der Waals surface area contributed by atoms with Gasteiger partial charge in [0.05, 0.1) is 18.1 Å². The molecular formula is C15H20N2O3. The van der Waals surface area contributed by atoms with Gasteiger partial charge in [-0.1, -0.05) is 12.1 Å². The van der Waals surface area contributed by atoms with Crippen LogP contribution in [-0.4, -0.2) is 36.5 Å². The van der Waals surface area contributed by atoms with Crippen LogP contribution in [0.25, 0.3) is 0 Å². The number of para-hydroxylation sites is 1. The number of hydrogen-bond acceptors (Lipinski definition) is 4. The van der Waals surface area contributed by atoms with Gasteiger partial charge < -0.3 is 15.4 Å². The standard InChI is InChI=1S/C15H20N2O3/c1-2-20-15(19)11-7-9-17(10-8-11)14(18)12-5-3-4-6-13(12)16/h3-6,11H,2,7-10,16H2,1H3. The quantitative estimate of drug-likeness (QED) is 0.673. The first kappa shape index (κ1) is 14.4. The molecule has 0 aromatic heterocycles. The SMILES string of the molecule is CCOC(=O)C1CCN(C(=O)c2ccccc2N)CC1. The number of nitrogens with two attached hydrogens (primary N) is 1. The van der Waals surface area contributed by atoms with Crippen LogP contribution in [0.3, 0.4) is 0 Å². The van der Waals surface area contributed by atoms with Crippen LogP contribution in [0.5, 0.6) is 0 Å². The van der Waals surface area contributed by atoms with Crippen LogP contribution in [0, 0.1) is 5.92 Å². The molecule has 0 saturated carbocycles. The van der Waals surface area contributed by atoms with Gasteiger partial charge in [0.1, 0.15) is 0 Å². The predicted octanol–water partition coefficient (Wildman–Crippen LogP) is 1.68. The fourth-order valence-electron chi connectivity index (χ4n) is 2.44. The van der Waals surface area contributed by atoms with E-state index in [9.17, 15) is 9.59 Å². The number of carbonyl (C=O) groups excluding carboxylic acids is 2. The van der Waals surface area contributed by atoms with Crippen molar-refractivity contribution in [1.29, 1.82) is 0 Å². The molecule has 1 aromatic carbocycles. The van der Waals surface area contributed by atoms with Crippen LogP contribution >= 0.6 is 0 Å². The number of ether oxygens (including phenoxy) is 1. The van der Waals surface area contributed by atoms with Crippen LogP contribution < -0.4 is 5.73 Å². The number of hydrogen-bond donors (Lipinski definition) is 1. The lowest BCUT2D eigenvalue weighted by Gasteiger charge is -2.31. The van der Waals surface area contributed by atoms with E-state index in [1.807, 2.05) is 0 Å². The first-order valence-corrected chi connectivity index (χ1v) is 6.94. The van der Waals surface area contributed by atoms with Crippen LogP contribution in [-0.2, 0) is 9.53 Å². The Kier molecular flexibility index (Phi) is 4.61. The number of nitrogen functional groups attached to an aromatic ring is 1. The number of carbonyl (C=O) groups is 2. The van der Waals surface area contributed by atoms with Crippen molar-refractivity contribution in [1.82, 2.24) is 4.90 Å². The Hall–Kier alpha value is -2.04. The van der Waals surface area contributed by atoms with E-state index in [-0.39, 0.29) is 17.8 Å². The number of rotatable bonds is 3. The minimum absolute atomic E-state index is 0.0644. The van der Waals surface area contributed by atoms with Crippen molar-refractivity contribution < 1.29 is 14.3 Å². The van der Waals surface area contributed by atoms with Gasteiger partial charge in [-0.25, -0.2) is 0 Å². The summed E-state index contributed by atoms with van der Waals surface area (Å²) >= 11 is 0. The zero-order valence-corrected chi connectivity index (χ0v) is 11.7. The molecule has 1 saturated heterocycles. The summed E-state index contributed by atoms with van der Waals surface area (Å²) in [5.41, 5.74) is 6.84. The summed E-state index contributed by atoms with van der Waals surface area (Å²) in [5.74, 6) is -0.309. The zero-order valence-electron chi connectivity index (χ0n) is 11.7. The number of likely N-dealkylation sites (tertiary alicyclic amines) is 1. The molecule has 1 heterocycles. The summed E-state index contributed by atoms with van der Waals surface area (Å²) in [7, 11) is 0. The molecular weight excluding hydrogens is 256 g/mol. The molecule has 1 aliphatic rings. The molecule has 0 spiro atoms. The molecule has 5 nitrogen and oxygen atoms in total. The van der Waals surface area contributed by atoms with Gasteiger partial charge in [0.2, 0.25) is 0 Å². The Labute approximate surface area is 118 Å². The number of esters is 1.